The molecule has 0 unspecified atom stereocenters. The molecular formula is C15H14ClNO4. The van der Waals surface area contributed by atoms with Gasteiger partial charge in [-0.25, -0.2) is 0 Å². The third-order valence-electron chi connectivity index (χ3n) is 2.84. The maximum Gasteiger partial charge on any atom is 0.252 e. The smallest absolute Gasteiger partial charge is 0.252 e. The summed E-state index contributed by atoms with van der Waals surface area (Å²) in [7, 11) is 1.48. The van der Waals surface area contributed by atoms with Gasteiger partial charge in [0.1, 0.15) is 5.75 Å². The summed E-state index contributed by atoms with van der Waals surface area (Å²) in [5, 5.41) is 9.53. The maximum atomic E-state index is 11.4. The number of methoxy groups -OCH3 is 1. The molecule has 0 saturated heterocycles. The van der Waals surface area contributed by atoms with Crippen LogP contribution in [0.3, 0.4) is 0 Å². The third kappa shape index (κ3) is 3.45. The highest BCUT2D eigenvalue weighted by molar-refractivity contribution is 6.30. The molecule has 6 heteroatoms. The van der Waals surface area contributed by atoms with Crippen LogP contribution in [0.5, 0.6) is 17.2 Å². The Kier molecular flexibility index (Phi) is 4.67. The average Bonchev–Trinajstić information content (AvgIpc) is 2.47. The van der Waals surface area contributed by atoms with Gasteiger partial charge in [0, 0.05) is 11.1 Å². The lowest BCUT2D eigenvalue weighted by Gasteiger charge is -2.13. The Balaban J connectivity index is 2.42. The molecule has 0 bridgehead atoms. The maximum absolute atomic E-state index is 11.4. The first-order valence-electron chi connectivity index (χ1n) is 6.10. The number of aliphatic hydroxyl groups is 1. The highest BCUT2D eigenvalue weighted by Gasteiger charge is 2.13. The molecule has 0 aliphatic rings. The lowest BCUT2D eigenvalue weighted by Crippen LogP contribution is -2.12. The predicted octanol–water partition coefficient (Wildman–Crippen LogP) is 2.73. The molecule has 2 rings (SSSR count). The Hall–Kier alpha value is -2.24. The molecule has 0 saturated carbocycles. The van der Waals surface area contributed by atoms with Crippen molar-refractivity contribution in [3.05, 3.63) is 52.5 Å². The van der Waals surface area contributed by atoms with Crippen LogP contribution in [0.15, 0.2) is 36.4 Å². The van der Waals surface area contributed by atoms with Crippen LogP contribution in [0.2, 0.25) is 5.02 Å². The van der Waals surface area contributed by atoms with Gasteiger partial charge in [-0.2, -0.15) is 0 Å². The Bertz CT molecular complexity index is 673. The molecule has 0 aromatic heterocycles. The van der Waals surface area contributed by atoms with Gasteiger partial charge in [-0.1, -0.05) is 17.7 Å². The first-order valence-corrected chi connectivity index (χ1v) is 6.48. The second-order valence-electron chi connectivity index (χ2n) is 4.25. The van der Waals surface area contributed by atoms with Crippen LogP contribution < -0.4 is 15.2 Å². The number of ether oxygens (including phenoxy) is 2. The quantitative estimate of drug-likeness (QED) is 0.890. The number of rotatable bonds is 5. The van der Waals surface area contributed by atoms with Crippen molar-refractivity contribution in [1.82, 2.24) is 0 Å². The SMILES string of the molecule is COc1cc(CO)ccc1Oc1cc(Cl)ccc1C(N)=O. The fourth-order valence-corrected chi connectivity index (χ4v) is 1.96. The number of amides is 1. The molecule has 0 radical (unpaired) electrons. The number of benzene rings is 2. The molecule has 0 heterocycles. The zero-order chi connectivity index (χ0) is 15.4. The molecular weight excluding hydrogens is 294 g/mol. The number of aliphatic hydroxyl groups excluding tert-OH is 1. The minimum atomic E-state index is -0.618. The second-order valence-corrected chi connectivity index (χ2v) is 4.69. The Morgan fingerprint density at radius 3 is 2.57 bits per heavy atom. The van der Waals surface area contributed by atoms with Crippen molar-refractivity contribution in [2.24, 2.45) is 5.73 Å². The largest absolute Gasteiger partial charge is 0.493 e. The van der Waals surface area contributed by atoms with Crippen molar-refractivity contribution in [2.45, 2.75) is 6.61 Å². The van der Waals surface area contributed by atoms with E-state index in [9.17, 15) is 4.79 Å². The van der Waals surface area contributed by atoms with Crippen molar-refractivity contribution >= 4 is 17.5 Å². The van der Waals surface area contributed by atoms with Gasteiger partial charge >= 0.3 is 0 Å². The van der Waals surface area contributed by atoms with Crippen LogP contribution >= 0.6 is 11.6 Å². The summed E-state index contributed by atoms with van der Waals surface area (Å²) in [5.41, 5.74) is 6.20. The number of carbonyl (C=O) groups excluding carboxylic acids is 1. The fraction of sp³-hybridized carbons (Fsp3) is 0.133. The molecule has 1 amide bonds. The normalized spacial score (nSPS) is 10.2. The van der Waals surface area contributed by atoms with E-state index in [1.54, 1.807) is 24.3 Å². The number of hydrogen-bond acceptors (Lipinski definition) is 4. The highest BCUT2D eigenvalue weighted by Crippen LogP contribution is 2.35. The molecule has 0 aliphatic carbocycles. The highest BCUT2D eigenvalue weighted by atomic mass is 35.5. The first-order chi connectivity index (χ1) is 10.0. The molecule has 0 atom stereocenters. The Labute approximate surface area is 126 Å². The molecule has 5 nitrogen and oxygen atoms in total. The molecule has 0 fully saturated rings. The zero-order valence-corrected chi connectivity index (χ0v) is 12.1. The summed E-state index contributed by atoms with van der Waals surface area (Å²) in [4.78, 5) is 11.4. The van der Waals surface area contributed by atoms with Gasteiger partial charge in [-0.3, -0.25) is 4.79 Å². The van der Waals surface area contributed by atoms with Crippen molar-refractivity contribution in [1.29, 1.82) is 0 Å². The molecule has 110 valence electrons. The van der Waals surface area contributed by atoms with E-state index in [1.807, 2.05) is 0 Å². The second kappa shape index (κ2) is 6.47. The van der Waals surface area contributed by atoms with Crippen molar-refractivity contribution < 1.29 is 19.4 Å². The van der Waals surface area contributed by atoms with Gasteiger partial charge in [0.2, 0.25) is 0 Å². The van der Waals surface area contributed by atoms with Crippen LogP contribution in [-0.2, 0) is 6.61 Å². The predicted molar refractivity (Wildman–Crippen MR) is 79.0 cm³/mol. The first kappa shape index (κ1) is 15.2. The van der Waals surface area contributed by atoms with Crippen LogP contribution in [0.4, 0.5) is 0 Å². The summed E-state index contributed by atoms with van der Waals surface area (Å²) in [5.74, 6) is 0.439. The van der Waals surface area contributed by atoms with E-state index in [2.05, 4.69) is 0 Å². The minimum Gasteiger partial charge on any atom is -0.493 e. The topological polar surface area (TPSA) is 81.8 Å². The number of primary amides is 1. The number of halogens is 1. The lowest BCUT2D eigenvalue weighted by atomic mass is 10.2. The molecule has 0 aliphatic heterocycles. The van der Waals surface area contributed by atoms with Gasteiger partial charge in [0.15, 0.2) is 11.5 Å². The number of carbonyl (C=O) groups is 1. The Morgan fingerprint density at radius 2 is 1.95 bits per heavy atom. The van der Waals surface area contributed by atoms with Crippen LogP contribution in [0.25, 0.3) is 0 Å². The summed E-state index contributed by atoms with van der Waals surface area (Å²) >= 11 is 5.91. The van der Waals surface area contributed by atoms with E-state index in [1.165, 1.54) is 19.2 Å². The van der Waals surface area contributed by atoms with E-state index >= 15 is 0 Å². The fourth-order valence-electron chi connectivity index (χ4n) is 1.80. The molecule has 2 aromatic carbocycles. The minimum absolute atomic E-state index is 0.111. The molecule has 21 heavy (non-hydrogen) atoms. The van der Waals surface area contributed by atoms with Gasteiger partial charge in [-0.05, 0) is 29.8 Å². The lowest BCUT2D eigenvalue weighted by molar-refractivity contribution is 0.0998. The van der Waals surface area contributed by atoms with Gasteiger partial charge < -0.3 is 20.3 Å². The van der Waals surface area contributed by atoms with Crippen LogP contribution in [0, 0.1) is 0 Å². The van der Waals surface area contributed by atoms with E-state index in [0.717, 1.165) is 0 Å². The van der Waals surface area contributed by atoms with E-state index < -0.39 is 5.91 Å². The van der Waals surface area contributed by atoms with E-state index in [0.29, 0.717) is 22.1 Å². The number of nitrogens with two attached hydrogens (primary N) is 1. The average molecular weight is 308 g/mol. The standard InChI is InChI=1S/C15H14ClNO4/c1-20-14-6-9(8-18)2-5-12(14)21-13-7-10(16)3-4-11(13)15(17)19/h2-7,18H,8H2,1H3,(H2,17,19). The van der Waals surface area contributed by atoms with E-state index in [-0.39, 0.29) is 17.9 Å². The van der Waals surface area contributed by atoms with Gasteiger partial charge in [-0.15, -0.1) is 0 Å². The van der Waals surface area contributed by atoms with Crippen LogP contribution in [-0.4, -0.2) is 18.1 Å². The summed E-state index contributed by atoms with van der Waals surface area (Å²) in [6.45, 7) is -0.111. The zero-order valence-electron chi connectivity index (χ0n) is 11.3. The van der Waals surface area contributed by atoms with Crippen molar-refractivity contribution in [3.8, 4) is 17.2 Å². The van der Waals surface area contributed by atoms with Crippen molar-refractivity contribution in [2.75, 3.05) is 7.11 Å². The van der Waals surface area contributed by atoms with Gasteiger partial charge in [0.25, 0.3) is 5.91 Å². The van der Waals surface area contributed by atoms with Crippen molar-refractivity contribution in [3.63, 3.8) is 0 Å². The van der Waals surface area contributed by atoms with Gasteiger partial charge in [0.05, 0.1) is 19.3 Å². The Morgan fingerprint density at radius 1 is 1.19 bits per heavy atom. The molecule has 0 spiro atoms. The molecule has 2 aromatic rings. The van der Waals surface area contributed by atoms with E-state index in [4.69, 9.17) is 31.9 Å². The third-order valence-corrected chi connectivity index (χ3v) is 3.07. The summed E-state index contributed by atoms with van der Waals surface area (Å²) in [6, 6.07) is 9.52. The van der Waals surface area contributed by atoms with Crippen LogP contribution in [0.1, 0.15) is 15.9 Å². The molecule has 3 N–H and O–H groups in total. The summed E-state index contributed by atoms with van der Waals surface area (Å²) < 4.78 is 10.9. The monoisotopic (exact) mass is 307 g/mol. The summed E-state index contributed by atoms with van der Waals surface area (Å²) in [6.07, 6.45) is 0. The number of hydrogen-bond donors (Lipinski definition) is 2.